The van der Waals surface area contributed by atoms with E-state index >= 15 is 0 Å². The third kappa shape index (κ3) is 49.9. The Hall–Kier alpha value is -1.40. The molecule has 2 unspecified atom stereocenters. The summed E-state index contributed by atoms with van der Waals surface area (Å²) in [6, 6.07) is -0.630. The molecule has 0 bridgehead atoms. The molecule has 374 valence electrons. The van der Waals surface area contributed by atoms with Crippen LogP contribution in [0.4, 0.5) is 0 Å². The van der Waals surface area contributed by atoms with Crippen molar-refractivity contribution in [2.75, 3.05) is 13.2 Å². The van der Waals surface area contributed by atoms with Crippen molar-refractivity contribution in [2.45, 2.75) is 328 Å². The number of aliphatic hydroxyl groups is 2. The van der Waals surface area contributed by atoms with Gasteiger partial charge in [0.2, 0.25) is 5.91 Å². The number of aliphatic hydroxyl groups excluding tert-OH is 2. The van der Waals surface area contributed by atoms with Gasteiger partial charge in [0.05, 0.1) is 25.4 Å². The summed E-state index contributed by atoms with van der Waals surface area (Å²) in [5.74, 6) is -0.0623. The SMILES string of the molecule is CCCCCCCCCCCCCCCC/C=C/C(O)C(CO)NC(=O)CCCCCCCCCCCCCCCCCCCCOC(=O)CCCCCCCCCCCCCC. The van der Waals surface area contributed by atoms with Crippen molar-refractivity contribution in [3.63, 3.8) is 0 Å². The summed E-state index contributed by atoms with van der Waals surface area (Å²) in [5.41, 5.74) is 0. The fraction of sp³-hybridized carbons (Fsp3) is 0.930. The number of unbranched alkanes of at least 4 members (excludes halogenated alkanes) is 42. The minimum absolute atomic E-state index is 0.00757. The van der Waals surface area contributed by atoms with Crippen LogP contribution < -0.4 is 5.32 Å². The topological polar surface area (TPSA) is 95.9 Å². The van der Waals surface area contributed by atoms with E-state index in [0.29, 0.717) is 19.4 Å². The van der Waals surface area contributed by atoms with Gasteiger partial charge in [-0.2, -0.15) is 0 Å². The van der Waals surface area contributed by atoms with Crippen molar-refractivity contribution < 1.29 is 24.5 Å². The van der Waals surface area contributed by atoms with Gasteiger partial charge in [0.25, 0.3) is 0 Å². The van der Waals surface area contributed by atoms with Crippen LogP contribution in [0.2, 0.25) is 0 Å². The standard InChI is InChI=1S/C57H111NO5/c1-3-5-7-9-11-13-15-17-18-23-26-29-33-37-41-45-49-55(60)54(53-59)58-56(61)50-46-42-38-34-30-27-24-21-19-20-22-25-28-32-36-40-44-48-52-63-57(62)51-47-43-39-35-31-16-14-12-10-8-6-4-2/h45,49,54-55,59-60H,3-44,46-48,50-53H2,1-2H3,(H,58,61)/b49-45+. The third-order valence-electron chi connectivity index (χ3n) is 13.3. The molecule has 6 nitrogen and oxygen atoms in total. The van der Waals surface area contributed by atoms with Gasteiger partial charge in [0.1, 0.15) is 0 Å². The number of ether oxygens (including phenoxy) is 1. The monoisotopic (exact) mass is 890 g/mol. The van der Waals surface area contributed by atoms with Crippen LogP contribution in [0.5, 0.6) is 0 Å². The first-order chi connectivity index (χ1) is 31.0. The van der Waals surface area contributed by atoms with E-state index in [4.69, 9.17) is 4.74 Å². The van der Waals surface area contributed by atoms with Crippen LogP contribution in [-0.4, -0.2) is 47.4 Å². The number of allylic oxidation sites excluding steroid dienone is 1. The normalized spacial score (nSPS) is 12.6. The van der Waals surface area contributed by atoms with E-state index in [-0.39, 0.29) is 18.5 Å². The Labute approximate surface area is 393 Å². The Balaban J connectivity index is 3.43. The highest BCUT2D eigenvalue weighted by Gasteiger charge is 2.18. The molecule has 0 aromatic heterocycles. The highest BCUT2D eigenvalue weighted by Crippen LogP contribution is 2.17. The number of carbonyl (C=O) groups is 2. The molecule has 2 atom stereocenters. The Kier molecular flexibility index (Phi) is 52.0. The van der Waals surface area contributed by atoms with Gasteiger partial charge in [-0.25, -0.2) is 0 Å². The summed E-state index contributed by atoms with van der Waals surface area (Å²) >= 11 is 0. The Bertz CT molecular complexity index is 939. The van der Waals surface area contributed by atoms with Crippen molar-refractivity contribution in [3.8, 4) is 0 Å². The molecule has 0 saturated carbocycles. The molecule has 63 heavy (non-hydrogen) atoms. The second-order valence-electron chi connectivity index (χ2n) is 19.6. The Morgan fingerprint density at radius 1 is 0.429 bits per heavy atom. The van der Waals surface area contributed by atoms with Gasteiger partial charge in [0, 0.05) is 12.8 Å². The number of hydrogen-bond donors (Lipinski definition) is 3. The lowest BCUT2D eigenvalue weighted by Gasteiger charge is -2.20. The van der Waals surface area contributed by atoms with Crippen molar-refractivity contribution in [3.05, 3.63) is 12.2 Å². The van der Waals surface area contributed by atoms with Crippen molar-refractivity contribution in [1.82, 2.24) is 5.32 Å². The first-order valence-electron chi connectivity index (χ1n) is 28.5. The summed E-state index contributed by atoms with van der Waals surface area (Å²) in [6.45, 7) is 4.91. The molecule has 1 amide bonds. The molecular formula is C57H111NO5. The molecular weight excluding hydrogens is 779 g/mol. The molecule has 0 rings (SSSR count). The molecule has 6 heteroatoms. The van der Waals surface area contributed by atoms with E-state index in [0.717, 1.165) is 38.5 Å². The Morgan fingerprint density at radius 2 is 0.730 bits per heavy atom. The maximum Gasteiger partial charge on any atom is 0.305 e. The van der Waals surface area contributed by atoms with Gasteiger partial charge >= 0.3 is 5.97 Å². The van der Waals surface area contributed by atoms with Gasteiger partial charge in [0.15, 0.2) is 0 Å². The highest BCUT2D eigenvalue weighted by molar-refractivity contribution is 5.76. The van der Waals surface area contributed by atoms with E-state index < -0.39 is 12.1 Å². The quantitative estimate of drug-likeness (QED) is 0.0321. The van der Waals surface area contributed by atoms with Gasteiger partial charge in [-0.05, 0) is 32.1 Å². The van der Waals surface area contributed by atoms with Crippen LogP contribution in [0.3, 0.4) is 0 Å². The van der Waals surface area contributed by atoms with Crippen molar-refractivity contribution >= 4 is 11.9 Å². The van der Waals surface area contributed by atoms with Crippen LogP contribution in [0.1, 0.15) is 316 Å². The van der Waals surface area contributed by atoms with E-state index in [2.05, 4.69) is 19.2 Å². The molecule has 3 N–H and O–H groups in total. The molecule has 0 aliphatic carbocycles. The first-order valence-corrected chi connectivity index (χ1v) is 28.5. The summed E-state index contributed by atoms with van der Waals surface area (Å²) < 4.78 is 5.47. The third-order valence-corrected chi connectivity index (χ3v) is 13.3. The molecule has 0 fully saturated rings. The number of nitrogens with one attached hydrogen (secondary N) is 1. The predicted molar refractivity (Wildman–Crippen MR) is 273 cm³/mol. The number of amides is 1. The van der Waals surface area contributed by atoms with Crippen molar-refractivity contribution in [1.29, 1.82) is 0 Å². The maximum absolute atomic E-state index is 12.5. The number of esters is 1. The largest absolute Gasteiger partial charge is 0.466 e. The summed E-state index contributed by atoms with van der Waals surface area (Å²) in [7, 11) is 0. The van der Waals surface area contributed by atoms with Crippen LogP contribution in [0.25, 0.3) is 0 Å². The number of rotatable bonds is 53. The lowest BCUT2D eigenvalue weighted by Crippen LogP contribution is -2.45. The lowest BCUT2D eigenvalue weighted by molar-refractivity contribution is -0.143. The minimum atomic E-state index is -0.846. The number of hydrogen-bond acceptors (Lipinski definition) is 5. The average molecular weight is 891 g/mol. The van der Waals surface area contributed by atoms with Crippen molar-refractivity contribution in [2.24, 2.45) is 0 Å². The van der Waals surface area contributed by atoms with Gasteiger partial charge in [-0.15, -0.1) is 0 Å². The first kappa shape index (κ1) is 61.6. The predicted octanol–water partition coefficient (Wildman–Crippen LogP) is 17.3. The molecule has 0 aliphatic rings. The molecule has 0 aromatic carbocycles. The zero-order valence-electron chi connectivity index (χ0n) is 42.6. The molecule has 0 heterocycles. The van der Waals surface area contributed by atoms with Gasteiger partial charge in [-0.3, -0.25) is 9.59 Å². The van der Waals surface area contributed by atoms with E-state index in [1.54, 1.807) is 6.08 Å². The van der Waals surface area contributed by atoms with Gasteiger partial charge < -0.3 is 20.3 Å². The summed E-state index contributed by atoms with van der Waals surface area (Å²) in [5, 5.41) is 23.1. The summed E-state index contributed by atoms with van der Waals surface area (Å²) in [6.07, 6.45) is 62.2. The average Bonchev–Trinajstić information content (AvgIpc) is 3.28. The zero-order chi connectivity index (χ0) is 45.8. The molecule has 0 aromatic rings. The van der Waals surface area contributed by atoms with E-state index in [9.17, 15) is 19.8 Å². The van der Waals surface area contributed by atoms with E-state index in [1.165, 1.54) is 250 Å². The van der Waals surface area contributed by atoms with Crippen LogP contribution in [-0.2, 0) is 14.3 Å². The van der Waals surface area contributed by atoms with Crippen LogP contribution in [0.15, 0.2) is 12.2 Å². The Morgan fingerprint density at radius 3 is 1.08 bits per heavy atom. The fourth-order valence-electron chi connectivity index (χ4n) is 8.93. The second kappa shape index (κ2) is 53.2. The van der Waals surface area contributed by atoms with Gasteiger partial charge in [-0.1, -0.05) is 283 Å². The van der Waals surface area contributed by atoms with E-state index in [1.807, 2.05) is 6.08 Å². The fourth-order valence-corrected chi connectivity index (χ4v) is 8.93. The molecule has 0 aliphatic heterocycles. The molecule has 0 spiro atoms. The maximum atomic E-state index is 12.5. The van der Waals surface area contributed by atoms with Crippen LogP contribution >= 0.6 is 0 Å². The lowest BCUT2D eigenvalue weighted by atomic mass is 10.0. The number of carbonyl (C=O) groups excluding carboxylic acids is 2. The molecule has 0 saturated heterocycles. The minimum Gasteiger partial charge on any atom is -0.466 e. The zero-order valence-corrected chi connectivity index (χ0v) is 42.6. The highest BCUT2D eigenvalue weighted by atomic mass is 16.5. The smallest absolute Gasteiger partial charge is 0.305 e. The summed E-state index contributed by atoms with van der Waals surface area (Å²) in [4.78, 5) is 24.5. The molecule has 0 radical (unpaired) electrons. The van der Waals surface area contributed by atoms with Crippen LogP contribution in [0, 0.1) is 0 Å². The second-order valence-corrected chi connectivity index (χ2v) is 19.6.